The summed E-state index contributed by atoms with van der Waals surface area (Å²) >= 11 is 0. The first-order chi connectivity index (χ1) is 12.4. The molecule has 0 saturated carbocycles. The summed E-state index contributed by atoms with van der Waals surface area (Å²) in [4.78, 5) is 16.5. The Kier molecular flexibility index (Phi) is 7.40. The maximum absolute atomic E-state index is 11.9. The van der Waals surface area contributed by atoms with Crippen molar-refractivity contribution in [3.8, 4) is 0 Å². The number of para-hydroxylation sites is 1. The maximum Gasteiger partial charge on any atom is 0.225 e. The van der Waals surface area contributed by atoms with Crippen LogP contribution < -0.4 is 20.7 Å². The number of guanidine groups is 1. The monoisotopic (exact) mass is 381 g/mol. The smallest absolute Gasteiger partial charge is 0.225 e. The first-order valence-corrected chi connectivity index (χ1v) is 10.6. The van der Waals surface area contributed by atoms with Crippen LogP contribution in [0, 0.1) is 0 Å². The summed E-state index contributed by atoms with van der Waals surface area (Å²) in [6, 6.07) is 7.79. The minimum Gasteiger partial charge on any atom is -0.357 e. The van der Waals surface area contributed by atoms with Crippen LogP contribution in [-0.2, 0) is 14.8 Å². The summed E-state index contributed by atoms with van der Waals surface area (Å²) in [5.74, 6) is 0.714. The van der Waals surface area contributed by atoms with Crippen LogP contribution in [0.3, 0.4) is 0 Å². The van der Waals surface area contributed by atoms with Gasteiger partial charge in [-0.3, -0.25) is 9.79 Å². The minimum absolute atomic E-state index is 0.00806. The minimum atomic E-state index is -3.15. The molecule has 4 N–H and O–H groups in total. The normalized spacial score (nSPS) is 17.4. The third-order valence-corrected chi connectivity index (χ3v) is 4.66. The molecule has 1 aromatic carbocycles. The van der Waals surface area contributed by atoms with E-state index in [1.807, 2.05) is 31.2 Å². The van der Waals surface area contributed by atoms with Crippen molar-refractivity contribution >= 4 is 27.6 Å². The molecule has 1 heterocycles. The number of carbonyl (C=O) groups is 1. The van der Waals surface area contributed by atoms with E-state index in [1.165, 1.54) is 0 Å². The number of hydrogen-bond acceptors (Lipinski definition) is 4. The van der Waals surface area contributed by atoms with Gasteiger partial charge in [0.25, 0.3) is 0 Å². The van der Waals surface area contributed by atoms with Crippen LogP contribution in [0.25, 0.3) is 0 Å². The lowest BCUT2D eigenvalue weighted by atomic mass is 9.91. The molecule has 1 aromatic rings. The number of fused-ring (bicyclic) bond motifs is 1. The first-order valence-electron chi connectivity index (χ1n) is 8.74. The van der Waals surface area contributed by atoms with Crippen molar-refractivity contribution in [2.24, 2.45) is 4.99 Å². The van der Waals surface area contributed by atoms with Crippen molar-refractivity contribution in [1.82, 2.24) is 15.4 Å². The zero-order valence-corrected chi connectivity index (χ0v) is 16.0. The van der Waals surface area contributed by atoms with E-state index in [4.69, 9.17) is 0 Å². The SMILES string of the molecule is CCNC(=NCC1CC(=O)Nc2ccccc21)NCCCNS(C)(=O)=O. The van der Waals surface area contributed by atoms with Gasteiger partial charge >= 0.3 is 0 Å². The number of aliphatic imine (C=N–C) groups is 1. The lowest BCUT2D eigenvalue weighted by Crippen LogP contribution is -2.39. The van der Waals surface area contributed by atoms with Gasteiger partial charge in [0.2, 0.25) is 15.9 Å². The molecule has 0 radical (unpaired) electrons. The van der Waals surface area contributed by atoms with Crippen LogP contribution in [0.4, 0.5) is 5.69 Å². The molecule has 0 aromatic heterocycles. The third kappa shape index (κ3) is 6.64. The number of benzene rings is 1. The number of nitrogens with one attached hydrogen (secondary N) is 4. The molecule has 1 atom stereocenters. The van der Waals surface area contributed by atoms with Crippen LogP contribution in [0.15, 0.2) is 29.3 Å². The van der Waals surface area contributed by atoms with Gasteiger partial charge in [0.05, 0.1) is 12.8 Å². The van der Waals surface area contributed by atoms with Gasteiger partial charge < -0.3 is 16.0 Å². The summed E-state index contributed by atoms with van der Waals surface area (Å²) in [6.45, 7) is 4.17. The summed E-state index contributed by atoms with van der Waals surface area (Å²) in [5.41, 5.74) is 1.96. The van der Waals surface area contributed by atoms with Crippen LogP contribution in [0.2, 0.25) is 0 Å². The van der Waals surface area contributed by atoms with E-state index in [1.54, 1.807) is 0 Å². The molecule has 0 saturated heterocycles. The lowest BCUT2D eigenvalue weighted by molar-refractivity contribution is -0.116. The molecule has 1 unspecified atom stereocenters. The van der Waals surface area contributed by atoms with E-state index in [2.05, 4.69) is 25.7 Å². The molecule has 0 bridgehead atoms. The largest absolute Gasteiger partial charge is 0.357 e. The van der Waals surface area contributed by atoms with Crippen molar-refractivity contribution in [2.75, 3.05) is 37.8 Å². The van der Waals surface area contributed by atoms with Crippen LogP contribution in [0.5, 0.6) is 0 Å². The van der Waals surface area contributed by atoms with Crippen molar-refractivity contribution in [2.45, 2.75) is 25.7 Å². The van der Waals surface area contributed by atoms with Gasteiger partial charge in [-0.1, -0.05) is 18.2 Å². The van der Waals surface area contributed by atoms with Crippen molar-refractivity contribution in [3.63, 3.8) is 0 Å². The Morgan fingerprint density at radius 1 is 1.27 bits per heavy atom. The fraction of sp³-hybridized carbons (Fsp3) is 0.529. The molecule has 1 aliphatic rings. The fourth-order valence-corrected chi connectivity index (χ4v) is 3.28. The molecular weight excluding hydrogens is 354 g/mol. The van der Waals surface area contributed by atoms with E-state index < -0.39 is 10.0 Å². The summed E-state index contributed by atoms with van der Waals surface area (Å²) in [5, 5.41) is 9.24. The Bertz CT molecular complexity index is 749. The van der Waals surface area contributed by atoms with E-state index in [0.29, 0.717) is 38.4 Å². The summed E-state index contributed by atoms with van der Waals surface area (Å²) in [7, 11) is -3.15. The zero-order valence-electron chi connectivity index (χ0n) is 15.2. The number of rotatable bonds is 8. The van der Waals surface area contributed by atoms with E-state index in [0.717, 1.165) is 24.1 Å². The quantitative estimate of drug-likeness (QED) is 0.299. The molecule has 144 valence electrons. The van der Waals surface area contributed by atoms with Gasteiger partial charge in [0, 0.05) is 37.7 Å². The molecule has 0 aliphatic carbocycles. The molecule has 2 rings (SSSR count). The molecule has 9 heteroatoms. The Morgan fingerprint density at radius 2 is 2.04 bits per heavy atom. The molecule has 1 amide bonds. The highest BCUT2D eigenvalue weighted by Gasteiger charge is 2.24. The third-order valence-electron chi connectivity index (χ3n) is 3.93. The molecular formula is C17H27N5O3S. The molecule has 26 heavy (non-hydrogen) atoms. The van der Waals surface area contributed by atoms with Crippen LogP contribution in [0.1, 0.15) is 31.2 Å². The van der Waals surface area contributed by atoms with Crippen LogP contribution in [-0.4, -0.2) is 52.7 Å². The lowest BCUT2D eigenvalue weighted by Gasteiger charge is -2.24. The number of carbonyl (C=O) groups excluding carboxylic acids is 1. The second kappa shape index (κ2) is 9.54. The standard InChI is InChI=1S/C17H27N5O3S/c1-3-18-17(19-9-6-10-21-26(2,24)25)20-12-13-11-16(23)22-15-8-5-4-7-14(13)15/h4-5,7-8,13,21H,3,6,9-12H2,1-2H3,(H,22,23)(H2,18,19,20). The number of amides is 1. The average molecular weight is 382 g/mol. The van der Waals surface area contributed by atoms with Gasteiger partial charge in [-0.2, -0.15) is 0 Å². The zero-order chi connectivity index (χ0) is 19.0. The van der Waals surface area contributed by atoms with E-state index >= 15 is 0 Å². The summed E-state index contributed by atoms with van der Waals surface area (Å²) in [6.07, 6.45) is 2.20. The highest BCUT2D eigenvalue weighted by molar-refractivity contribution is 7.88. The number of nitrogens with zero attached hydrogens (tertiary/aromatic N) is 1. The van der Waals surface area contributed by atoms with Crippen LogP contribution >= 0.6 is 0 Å². The predicted octanol–water partition coefficient (Wildman–Crippen LogP) is 0.607. The van der Waals surface area contributed by atoms with Crippen molar-refractivity contribution in [1.29, 1.82) is 0 Å². The molecule has 0 spiro atoms. The number of sulfonamides is 1. The number of hydrogen-bond donors (Lipinski definition) is 4. The molecule has 8 nitrogen and oxygen atoms in total. The first kappa shape index (κ1) is 20.2. The topological polar surface area (TPSA) is 112 Å². The molecule has 1 aliphatic heterocycles. The maximum atomic E-state index is 11.9. The van der Waals surface area contributed by atoms with Crippen molar-refractivity contribution < 1.29 is 13.2 Å². The van der Waals surface area contributed by atoms with Crippen molar-refractivity contribution in [3.05, 3.63) is 29.8 Å². The average Bonchev–Trinajstić information content (AvgIpc) is 2.57. The Labute approximate surface area is 154 Å². The molecule has 0 fully saturated rings. The van der Waals surface area contributed by atoms with Gasteiger partial charge in [-0.25, -0.2) is 13.1 Å². The summed E-state index contributed by atoms with van der Waals surface area (Å²) < 4.78 is 24.5. The predicted molar refractivity (Wildman–Crippen MR) is 104 cm³/mol. The van der Waals surface area contributed by atoms with E-state index in [-0.39, 0.29) is 11.8 Å². The second-order valence-corrected chi connectivity index (χ2v) is 8.04. The Morgan fingerprint density at radius 3 is 2.77 bits per heavy atom. The highest BCUT2D eigenvalue weighted by Crippen LogP contribution is 2.31. The Balaban J connectivity index is 1.91. The van der Waals surface area contributed by atoms with Gasteiger partial charge in [-0.05, 0) is 25.0 Å². The Hall–Kier alpha value is -2.13. The highest BCUT2D eigenvalue weighted by atomic mass is 32.2. The van der Waals surface area contributed by atoms with Gasteiger partial charge in [-0.15, -0.1) is 0 Å². The van der Waals surface area contributed by atoms with Gasteiger partial charge in [0.1, 0.15) is 0 Å². The van der Waals surface area contributed by atoms with E-state index in [9.17, 15) is 13.2 Å². The van der Waals surface area contributed by atoms with Gasteiger partial charge in [0.15, 0.2) is 5.96 Å². The number of anilines is 1. The fourth-order valence-electron chi connectivity index (χ4n) is 2.76. The second-order valence-electron chi connectivity index (χ2n) is 6.20.